The molecule has 6 atom stereocenters. The van der Waals surface area contributed by atoms with Crippen molar-refractivity contribution in [2.45, 2.75) is 25.2 Å². The summed E-state index contributed by atoms with van der Waals surface area (Å²) in [6, 6.07) is 22.5. The molecule has 3 fully saturated rings. The summed E-state index contributed by atoms with van der Waals surface area (Å²) in [7, 11) is 0. The Morgan fingerprint density at radius 2 is 1.47 bits per heavy atom. The van der Waals surface area contributed by atoms with Crippen LogP contribution in [0.3, 0.4) is 0 Å². The first-order valence-electron chi connectivity index (χ1n) is 11.9. The van der Waals surface area contributed by atoms with Crippen LogP contribution in [0.4, 0.5) is 11.4 Å². The van der Waals surface area contributed by atoms with E-state index in [4.69, 9.17) is 33.0 Å². The van der Waals surface area contributed by atoms with Crippen LogP contribution in [-0.4, -0.2) is 35.8 Å². The molecule has 0 radical (unpaired) electrons. The molecule has 4 aliphatic heterocycles. The highest BCUT2D eigenvalue weighted by molar-refractivity contribution is 6.44. The summed E-state index contributed by atoms with van der Waals surface area (Å²) >= 11 is 13.0. The van der Waals surface area contributed by atoms with Crippen LogP contribution < -0.4 is 9.91 Å². The lowest BCUT2D eigenvalue weighted by Gasteiger charge is -2.32. The average molecular weight is 518 g/mol. The number of rotatable bonds is 3. The summed E-state index contributed by atoms with van der Waals surface area (Å²) in [6.07, 6.45) is -0.962. The van der Waals surface area contributed by atoms with Gasteiger partial charge in [0.2, 0.25) is 11.8 Å². The smallest absolute Gasteiger partial charge is 0.240 e. The maximum Gasteiger partial charge on any atom is 0.240 e. The zero-order valence-electron chi connectivity index (χ0n) is 19.2. The number of nitrogens with zero attached hydrogens (tertiary/aromatic N) is 3. The Bertz CT molecular complexity index is 1440. The molecule has 180 valence electrons. The van der Waals surface area contributed by atoms with Gasteiger partial charge >= 0.3 is 0 Å². The van der Waals surface area contributed by atoms with Crippen molar-refractivity contribution in [3.05, 3.63) is 94.0 Å². The van der Waals surface area contributed by atoms with Gasteiger partial charge in [0.1, 0.15) is 0 Å². The quantitative estimate of drug-likeness (QED) is 0.453. The van der Waals surface area contributed by atoms with E-state index in [9.17, 15) is 9.59 Å². The number of benzene rings is 3. The minimum atomic E-state index is -0.566. The van der Waals surface area contributed by atoms with Gasteiger partial charge in [0.15, 0.2) is 0 Å². The van der Waals surface area contributed by atoms with Crippen LogP contribution in [0, 0.1) is 24.7 Å². The molecule has 0 aliphatic carbocycles. The van der Waals surface area contributed by atoms with Crippen molar-refractivity contribution in [3.8, 4) is 0 Å². The van der Waals surface area contributed by atoms with Gasteiger partial charge in [0.25, 0.3) is 0 Å². The zero-order valence-corrected chi connectivity index (χ0v) is 20.7. The number of para-hydroxylation sites is 1. The Labute approximate surface area is 218 Å². The normalized spacial score (nSPS) is 30.1. The summed E-state index contributed by atoms with van der Waals surface area (Å²) < 4.78 is 6.46. The van der Waals surface area contributed by atoms with E-state index in [1.54, 1.807) is 6.07 Å². The van der Waals surface area contributed by atoms with Gasteiger partial charge in [0, 0.05) is 5.56 Å². The molecule has 2 bridgehead atoms. The maximum absolute atomic E-state index is 13.7. The Hall–Kier alpha value is -3.19. The van der Waals surface area contributed by atoms with E-state index in [0.29, 0.717) is 15.7 Å². The molecule has 0 N–H and O–H groups in total. The predicted octanol–water partition coefficient (Wildman–Crippen LogP) is 5.10. The third-order valence-electron chi connectivity index (χ3n) is 7.83. The molecule has 6 nitrogen and oxygen atoms in total. The van der Waals surface area contributed by atoms with E-state index in [0.717, 1.165) is 22.5 Å². The first-order valence-corrected chi connectivity index (χ1v) is 12.7. The number of anilines is 2. The van der Waals surface area contributed by atoms with Crippen molar-refractivity contribution >= 4 is 52.1 Å². The summed E-state index contributed by atoms with van der Waals surface area (Å²) in [4.78, 5) is 28.7. The first-order chi connectivity index (χ1) is 17.5. The number of aryl methyl sites for hydroxylation is 1. The predicted molar refractivity (Wildman–Crippen MR) is 139 cm³/mol. The number of fused-ring (bicyclic) bond motifs is 8. The number of carbonyl (C=O) groups excluding carboxylic acids is 2. The summed E-state index contributed by atoms with van der Waals surface area (Å²) in [5.41, 5.74) is 4.00. The standard InChI is InChI=1S/C28H21Cl2N3O3/c1-14-10-12-15(13-11-14)32-27(34)19-20(28(32)35)26-24-21(25(19)36-26)23(17-8-5-9-18(29)22(17)30)31-33(24)16-6-3-2-4-7-16/h2-13,19-21,24-26H,1H3. The molecule has 2 amide bonds. The SMILES string of the molecule is Cc1ccc(N2C(=O)C3C4OC(C3C2=O)C2C4C(c3cccc(Cl)c3Cl)=NN2c2ccccc2)cc1. The van der Waals surface area contributed by atoms with Gasteiger partial charge in [-0.25, -0.2) is 4.90 Å². The Balaban J connectivity index is 1.34. The molecule has 6 unspecified atom stereocenters. The van der Waals surface area contributed by atoms with Gasteiger partial charge in [-0.15, -0.1) is 0 Å². The number of hydrazone groups is 1. The molecule has 8 heteroatoms. The van der Waals surface area contributed by atoms with E-state index in [1.165, 1.54) is 4.90 Å². The number of amides is 2. The third-order valence-corrected chi connectivity index (χ3v) is 8.65. The zero-order chi connectivity index (χ0) is 24.7. The fourth-order valence-electron chi connectivity index (χ4n) is 6.31. The molecular formula is C28H21Cl2N3O3. The van der Waals surface area contributed by atoms with Crippen LogP contribution in [0.15, 0.2) is 77.9 Å². The number of hydrogen-bond acceptors (Lipinski definition) is 5. The third kappa shape index (κ3) is 2.92. The molecule has 0 aromatic heterocycles. The van der Waals surface area contributed by atoms with Crippen molar-refractivity contribution in [2.24, 2.45) is 22.9 Å². The van der Waals surface area contributed by atoms with Gasteiger partial charge in [-0.1, -0.05) is 71.2 Å². The fraction of sp³-hybridized carbons (Fsp3) is 0.250. The summed E-state index contributed by atoms with van der Waals surface area (Å²) in [5.74, 6) is -1.77. The van der Waals surface area contributed by atoms with Crippen molar-refractivity contribution in [2.75, 3.05) is 9.91 Å². The lowest BCUT2D eigenvalue weighted by molar-refractivity contribution is -0.125. The van der Waals surface area contributed by atoms with Gasteiger partial charge in [-0.2, -0.15) is 5.10 Å². The number of carbonyl (C=O) groups is 2. The summed E-state index contributed by atoms with van der Waals surface area (Å²) in [6.45, 7) is 1.97. The lowest BCUT2D eigenvalue weighted by Crippen LogP contribution is -2.50. The molecular weight excluding hydrogens is 497 g/mol. The van der Waals surface area contributed by atoms with E-state index >= 15 is 0 Å². The van der Waals surface area contributed by atoms with Crippen LogP contribution in [0.1, 0.15) is 11.1 Å². The van der Waals surface area contributed by atoms with Crippen LogP contribution in [0.5, 0.6) is 0 Å². The highest BCUT2D eigenvalue weighted by Gasteiger charge is 2.72. The van der Waals surface area contributed by atoms with Gasteiger partial charge < -0.3 is 4.74 Å². The average Bonchev–Trinajstić information content (AvgIpc) is 3.62. The maximum atomic E-state index is 13.7. The highest BCUT2D eigenvalue weighted by atomic mass is 35.5. The first kappa shape index (κ1) is 22.0. The number of hydrogen-bond donors (Lipinski definition) is 0. The van der Waals surface area contributed by atoms with Crippen LogP contribution in [0.2, 0.25) is 10.0 Å². The molecule has 3 saturated heterocycles. The second-order valence-electron chi connectivity index (χ2n) is 9.75. The second kappa shape index (κ2) is 7.90. The van der Waals surface area contributed by atoms with Crippen LogP contribution >= 0.6 is 23.2 Å². The highest BCUT2D eigenvalue weighted by Crippen LogP contribution is 2.56. The molecule has 4 aliphatic rings. The monoisotopic (exact) mass is 517 g/mol. The van der Waals surface area contributed by atoms with Crippen LogP contribution in [0.25, 0.3) is 0 Å². The number of ether oxygens (including phenoxy) is 1. The molecule has 3 aromatic rings. The second-order valence-corrected chi connectivity index (χ2v) is 10.5. The fourth-order valence-corrected chi connectivity index (χ4v) is 6.70. The Kier molecular flexibility index (Phi) is 4.84. The molecule has 0 saturated carbocycles. The number of imide groups is 1. The van der Waals surface area contributed by atoms with Gasteiger partial charge in [0.05, 0.1) is 63.1 Å². The Morgan fingerprint density at radius 3 is 2.19 bits per heavy atom. The van der Waals surface area contributed by atoms with Gasteiger partial charge in [-0.05, 0) is 37.3 Å². The van der Waals surface area contributed by atoms with Crippen molar-refractivity contribution in [1.29, 1.82) is 0 Å². The largest absolute Gasteiger partial charge is 0.370 e. The molecule has 3 aromatic carbocycles. The van der Waals surface area contributed by atoms with Crippen molar-refractivity contribution < 1.29 is 14.3 Å². The van der Waals surface area contributed by atoms with E-state index in [1.807, 2.05) is 78.7 Å². The van der Waals surface area contributed by atoms with E-state index in [2.05, 4.69) is 0 Å². The molecule has 0 spiro atoms. The molecule has 7 rings (SSSR count). The van der Waals surface area contributed by atoms with Crippen molar-refractivity contribution in [3.63, 3.8) is 0 Å². The topological polar surface area (TPSA) is 62.2 Å². The lowest BCUT2D eigenvalue weighted by atomic mass is 9.70. The van der Waals surface area contributed by atoms with E-state index in [-0.39, 0.29) is 23.8 Å². The number of halogens is 2. The minimum Gasteiger partial charge on any atom is -0.370 e. The molecule has 36 heavy (non-hydrogen) atoms. The minimum absolute atomic E-state index is 0.206. The van der Waals surface area contributed by atoms with Crippen LogP contribution in [-0.2, 0) is 14.3 Å². The van der Waals surface area contributed by atoms with Crippen molar-refractivity contribution in [1.82, 2.24) is 0 Å². The Morgan fingerprint density at radius 1 is 0.778 bits per heavy atom. The molecule has 4 heterocycles. The van der Waals surface area contributed by atoms with Gasteiger partial charge in [-0.3, -0.25) is 14.6 Å². The summed E-state index contributed by atoms with van der Waals surface area (Å²) in [5, 5.41) is 7.80. The van der Waals surface area contributed by atoms with E-state index < -0.39 is 24.0 Å².